The predicted molar refractivity (Wildman–Crippen MR) is 141 cm³/mol. The number of aromatic nitrogens is 4. The Morgan fingerprint density at radius 3 is 2.34 bits per heavy atom. The van der Waals surface area contributed by atoms with Gasteiger partial charge in [-0.1, -0.05) is 12.1 Å². The summed E-state index contributed by atoms with van der Waals surface area (Å²) >= 11 is 0. The minimum absolute atomic E-state index is 0.315. The van der Waals surface area contributed by atoms with Crippen LogP contribution in [0.25, 0.3) is 16.9 Å². The van der Waals surface area contributed by atoms with Crippen molar-refractivity contribution in [2.75, 3.05) is 69.4 Å². The smallest absolute Gasteiger partial charge is 0.296 e. The van der Waals surface area contributed by atoms with Crippen LogP contribution in [0.5, 0.6) is 0 Å². The lowest BCUT2D eigenvalue weighted by molar-refractivity contribution is 0.00539. The third-order valence-electron chi connectivity index (χ3n) is 7.96. The highest BCUT2D eigenvalue weighted by Crippen LogP contribution is 2.31. The van der Waals surface area contributed by atoms with Gasteiger partial charge in [-0.2, -0.15) is 9.97 Å². The van der Waals surface area contributed by atoms with Crippen molar-refractivity contribution in [3.63, 3.8) is 0 Å². The van der Waals surface area contributed by atoms with Gasteiger partial charge in [0.05, 0.1) is 37.5 Å². The molecule has 1 aromatic carbocycles. The largest absolute Gasteiger partial charge is 0.379 e. The lowest BCUT2D eigenvalue weighted by Crippen LogP contribution is -2.45. The van der Waals surface area contributed by atoms with Crippen LogP contribution in [0.15, 0.2) is 30.3 Å². The first-order valence-corrected chi connectivity index (χ1v) is 13.7. The van der Waals surface area contributed by atoms with Gasteiger partial charge in [0.2, 0.25) is 5.95 Å². The molecule has 6 rings (SSSR count). The van der Waals surface area contributed by atoms with Crippen LogP contribution in [0.1, 0.15) is 37.9 Å². The summed E-state index contributed by atoms with van der Waals surface area (Å²) < 4.78 is 40.6. The summed E-state index contributed by atoms with van der Waals surface area (Å²) in [6, 6.07) is 9.58. The summed E-state index contributed by atoms with van der Waals surface area (Å²) in [6.45, 7) is 7.00. The van der Waals surface area contributed by atoms with Crippen molar-refractivity contribution < 1.29 is 18.3 Å². The summed E-state index contributed by atoms with van der Waals surface area (Å²) in [4.78, 5) is 18.4. The Labute approximate surface area is 221 Å². The van der Waals surface area contributed by atoms with Crippen molar-refractivity contribution in [1.29, 1.82) is 0 Å². The van der Waals surface area contributed by atoms with Crippen LogP contribution in [-0.2, 0) is 9.47 Å². The molecule has 3 aliphatic rings. The number of rotatable bonds is 7. The molecule has 0 unspecified atom stereocenters. The molecule has 0 amide bonds. The van der Waals surface area contributed by atoms with Crippen molar-refractivity contribution in [2.45, 2.75) is 38.2 Å². The molecule has 3 aromatic rings. The Bertz CT molecular complexity index is 1220. The number of nitrogens with zero attached hydrogens (tertiary/aromatic N) is 6. The van der Waals surface area contributed by atoms with E-state index in [-0.39, 0.29) is 5.82 Å². The third-order valence-corrected chi connectivity index (χ3v) is 7.96. The van der Waals surface area contributed by atoms with Crippen LogP contribution < -0.4 is 10.2 Å². The first kappa shape index (κ1) is 25.4. The molecule has 0 radical (unpaired) electrons. The number of fused-ring (bicyclic) bond motifs is 1. The first-order valence-electron chi connectivity index (χ1n) is 13.7. The van der Waals surface area contributed by atoms with Gasteiger partial charge >= 0.3 is 0 Å². The number of ether oxygens (including phenoxy) is 2. The number of para-hydroxylation sites is 2. The molecule has 4 heterocycles. The van der Waals surface area contributed by atoms with E-state index in [4.69, 9.17) is 19.4 Å². The maximum Gasteiger partial charge on any atom is 0.296 e. The summed E-state index contributed by atoms with van der Waals surface area (Å²) in [5.41, 5.74) is 1.11. The molecule has 1 aliphatic carbocycles. The van der Waals surface area contributed by atoms with E-state index in [0.717, 1.165) is 45.7 Å². The fraction of sp³-hybridized carbons (Fsp3) is 0.593. The number of halogens is 2. The average molecular weight is 528 g/mol. The van der Waals surface area contributed by atoms with E-state index in [2.05, 4.69) is 15.2 Å². The van der Waals surface area contributed by atoms with Crippen molar-refractivity contribution >= 4 is 22.8 Å². The van der Waals surface area contributed by atoms with E-state index in [1.165, 1.54) is 17.4 Å². The van der Waals surface area contributed by atoms with Crippen LogP contribution >= 0.6 is 0 Å². The van der Waals surface area contributed by atoms with Crippen LogP contribution in [0.4, 0.5) is 20.5 Å². The van der Waals surface area contributed by atoms with E-state index < -0.39 is 6.43 Å². The number of anilines is 2. The van der Waals surface area contributed by atoms with Gasteiger partial charge in [-0.05, 0) is 43.7 Å². The molecule has 1 N–H and O–H groups in total. The third kappa shape index (κ3) is 5.45. The molecule has 11 heteroatoms. The SMILES string of the molecule is FC(F)c1nc2ccccc2n1-c1cc(NCC2CCC(N3CCOCC3)CC2)nc(N2CCOCC2)n1. The molecule has 2 aliphatic heterocycles. The highest BCUT2D eigenvalue weighted by Gasteiger charge is 2.27. The molecule has 2 aromatic heterocycles. The van der Waals surface area contributed by atoms with Gasteiger partial charge in [0, 0.05) is 44.8 Å². The van der Waals surface area contributed by atoms with E-state index in [1.807, 2.05) is 11.0 Å². The lowest BCUT2D eigenvalue weighted by atomic mass is 9.85. The molecule has 0 atom stereocenters. The number of alkyl halides is 2. The van der Waals surface area contributed by atoms with E-state index in [0.29, 0.717) is 66.9 Å². The topological polar surface area (TPSA) is 80.6 Å². The van der Waals surface area contributed by atoms with Crippen molar-refractivity contribution in [2.24, 2.45) is 5.92 Å². The Kier molecular flexibility index (Phi) is 7.66. The zero-order valence-electron chi connectivity index (χ0n) is 21.6. The van der Waals surface area contributed by atoms with Crippen LogP contribution in [0.3, 0.4) is 0 Å². The zero-order chi connectivity index (χ0) is 25.9. The van der Waals surface area contributed by atoms with Gasteiger partial charge in [-0.3, -0.25) is 9.47 Å². The van der Waals surface area contributed by atoms with E-state index in [1.54, 1.807) is 24.3 Å². The molecular formula is C27H35F2N7O2. The minimum Gasteiger partial charge on any atom is -0.379 e. The molecule has 0 bridgehead atoms. The average Bonchev–Trinajstić information content (AvgIpc) is 3.37. The number of hydrogen-bond acceptors (Lipinski definition) is 8. The maximum absolute atomic E-state index is 14.1. The number of benzene rings is 1. The highest BCUT2D eigenvalue weighted by atomic mass is 19.3. The van der Waals surface area contributed by atoms with Crippen molar-refractivity contribution in [3.8, 4) is 5.82 Å². The summed E-state index contributed by atoms with van der Waals surface area (Å²) in [6.07, 6.45) is 1.97. The van der Waals surface area contributed by atoms with Gasteiger partial charge in [0.25, 0.3) is 6.43 Å². The van der Waals surface area contributed by atoms with Crippen LogP contribution in [0, 0.1) is 5.92 Å². The highest BCUT2D eigenvalue weighted by molar-refractivity contribution is 5.78. The molecular weight excluding hydrogens is 492 g/mol. The van der Waals surface area contributed by atoms with Crippen LogP contribution in [0.2, 0.25) is 0 Å². The van der Waals surface area contributed by atoms with Gasteiger partial charge in [0.1, 0.15) is 11.6 Å². The lowest BCUT2D eigenvalue weighted by Gasteiger charge is -2.38. The normalized spacial score (nSPS) is 23.3. The Balaban J connectivity index is 1.24. The molecule has 0 spiro atoms. The second-order valence-corrected chi connectivity index (χ2v) is 10.3. The van der Waals surface area contributed by atoms with E-state index in [9.17, 15) is 8.78 Å². The summed E-state index contributed by atoms with van der Waals surface area (Å²) in [7, 11) is 0. The summed E-state index contributed by atoms with van der Waals surface area (Å²) in [5.74, 6) is 1.78. The predicted octanol–water partition coefficient (Wildman–Crippen LogP) is 3.89. The molecule has 3 fully saturated rings. The standard InChI is InChI=1S/C27H35F2N7O2/c28-25(29)26-31-21-3-1-2-4-22(21)36(26)24-17-23(32-27(33-24)35-11-15-38-16-12-35)30-18-19-5-7-20(8-6-19)34-9-13-37-14-10-34/h1-4,17,19-20,25H,5-16,18H2,(H,30,32,33). The molecule has 9 nitrogen and oxygen atoms in total. The summed E-state index contributed by atoms with van der Waals surface area (Å²) in [5, 5.41) is 3.52. The molecule has 1 saturated carbocycles. The number of morpholine rings is 2. The van der Waals surface area contributed by atoms with Crippen molar-refractivity contribution in [3.05, 3.63) is 36.2 Å². The minimum atomic E-state index is -2.73. The Morgan fingerprint density at radius 1 is 0.895 bits per heavy atom. The van der Waals surface area contributed by atoms with Gasteiger partial charge in [-0.15, -0.1) is 0 Å². The van der Waals surface area contributed by atoms with Gasteiger partial charge < -0.3 is 19.7 Å². The molecule has 2 saturated heterocycles. The fourth-order valence-corrected chi connectivity index (χ4v) is 5.87. The number of hydrogen-bond donors (Lipinski definition) is 1. The van der Waals surface area contributed by atoms with Crippen LogP contribution in [-0.4, -0.2) is 89.6 Å². The Morgan fingerprint density at radius 2 is 1.61 bits per heavy atom. The number of imidazole rings is 1. The monoisotopic (exact) mass is 527 g/mol. The quantitative estimate of drug-likeness (QED) is 0.496. The second kappa shape index (κ2) is 11.5. The zero-order valence-corrected chi connectivity index (χ0v) is 21.6. The van der Waals surface area contributed by atoms with Gasteiger partial charge in [-0.25, -0.2) is 13.8 Å². The Hall–Kier alpha value is -2.89. The first-order chi connectivity index (χ1) is 18.7. The number of nitrogens with one attached hydrogen (secondary N) is 1. The second-order valence-electron chi connectivity index (χ2n) is 10.3. The molecule has 38 heavy (non-hydrogen) atoms. The van der Waals surface area contributed by atoms with Crippen molar-refractivity contribution in [1.82, 2.24) is 24.4 Å². The molecule has 204 valence electrons. The fourth-order valence-electron chi connectivity index (χ4n) is 5.87. The van der Waals surface area contributed by atoms with E-state index >= 15 is 0 Å². The van der Waals surface area contributed by atoms with Gasteiger partial charge in [0.15, 0.2) is 5.82 Å². The maximum atomic E-state index is 14.1.